The first-order valence-electron chi connectivity index (χ1n) is 6.45. The molecule has 1 aliphatic carbocycles. The average Bonchev–Trinajstić information content (AvgIpc) is 2.56. The van der Waals surface area contributed by atoms with Crippen molar-refractivity contribution in [3.63, 3.8) is 0 Å². The molecule has 18 heavy (non-hydrogen) atoms. The summed E-state index contributed by atoms with van der Waals surface area (Å²) in [5.41, 5.74) is 6.44. The number of carbonyl (C=O) groups excluding carboxylic acids is 1. The van der Waals surface area contributed by atoms with E-state index in [9.17, 15) is 4.79 Å². The molecule has 0 saturated heterocycles. The molecule has 5 heteroatoms. The van der Waals surface area contributed by atoms with Crippen molar-refractivity contribution in [2.24, 2.45) is 18.9 Å². The van der Waals surface area contributed by atoms with Crippen LogP contribution in [0.2, 0.25) is 0 Å². The maximum absolute atomic E-state index is 12.1. The highest BCUT2D eigenvalue weighted by atomic mass is 16.5. The third-order valence-electron chi connectivity index (χ3n) is 3.57. The van der Waals surface area contributed by atoms with Gasteiger partial charge in [-0.15, -0.1) is 0 Å². The van der Waals surface area contributed by atoms with Crippen LogP contribution in [0.3, 0.4) is 0 Å². The number of esters is 1. The van der Waals surface area contributed by atoms with Crippen LogP contribution in [0.4, 0.5) is 5.69 Å². The largest absolute Gasteiger partial charge is 0.458 e. The number of aromatic nitrogens is 2. The number of rotatable bonds is 2. The summed E-state index contributed by atoms with van der Waals surface area (Å²) in [6, 6.07) is 0. The Hall–Kier alpha value is -1.52. The number of nitrogens with zero attached hydrogens (tertiary/aromatic N) is 2. The molecule has 0 amide bonds. The Morgan fingerprint density at radius 3 is 2.50 bits per heavy atom. The van der Waals surface area contributed by atoms with Gasteiger partial charge in [0, 0.05) is 7.05 Å². The molecule has 1 aromatic heterocycles. The molecule has 1 aliphatic rings. The zero-order chi connectivity index (χ0) is 13.3. The molecule has 100 valence electrons. The molecule has 1 heterocycles. The summed E-state index contributed by atoms with van der Waals surface area (Å²) >= 11 is 0. The van der Waals surface area contributed by atoms with Crippen LogP contribution in [-0.2, 0) is 11.8 Å². The second-order valence-corrected chi connectivity index (χ2v) is 5.52. The monoisotopic (exact) mass is 251 g/mol. The number of aryl methyl sites for hydroxylation is 1. The summed E-state index contributed by atoms with van der Waals surface area (Å²) in [5, 5.41) is 3.95. The van der Waals surface area contributed by atoms with Crippen LogP contribution in [0.5, 0.6) is 0 Å². The summed E-state index contributed by atoms with van der Waals surface area (Å²) in [6.07, 6.45) is 4.57. The molecular formula is C13H21N3O2. The zero-order valence-corrected chi connectivity index (χ0v) is 11.2. The van der Waals surface area contributed by atoms with Crippen molar-refractivity contribution in [3.05, 3.63) is 11.9 Å². The van der Waals surface area contributed by atoms with Gasteiger partial charge in [-0.25, -0.2) is 4.79 Å². The molecule has 0 bridgehead atoms. The number of carbonyl (C=O) groups is 1. The number of nitrogen functional groups attached to an aromatic ring is 1. The lowest BCUT2D eigenvalue weighted by Crippen LogP contribution is -2.29. The van der Waals surface area contributed by atoms with E-state index in [0.717, 1.165) is 12.8 Å². The fourth-order valence-electron chi connectivity index (χ4n) is 2.88. The molecule has 5 nitrogen and oxygen atoms in total. The quantitative estimate of drug-likeness (QED) is 0.816. The van der Waals surface area contributed by atoms with Gasteiger partial charge in [-0.3, -0.25) is 4.68 Å². The van der Waals surface area contributed by atoms with Gasteiger partial charge in [-0.2, -0.15) is 5.10 Å². The molecule has 1 saturated carbocycles. The van der Waals surface area contributed by atoms with Crippen molar-refractivity contribution in [2.45, 2.75) is 39.2 Å². The molecule has 2 N–H and O–H groups in total. The van der Waals surface area contributed by atoms with Crippen molar-refractivity contribution < 1.29 is 9.53 Å². The lowest BCUT2D eigenvalue weighted by molar-refractivity contribution is 0.00709. The van der Waals surface area contributed by atoms with E-state index in [4.69, 9.17) is 10.5 Å². The highest BCUT2D eigenvalue weighted by Gasteiger charge is 2.28. The van der Waals surface area contributed by atoms with Crippen molar-refractivity contribution in [2.75, 3.05) is 5.73 Å². The molecule has 2 rings (SSSR count). The lowest BCUT2D eigenvalue weighted by atomic mass is 9.82. The van der Waals surface area contributed by atoms with E-state index in [2.05, 4.69) is 18.9 Å². The Morgan fingerprint density at radius 1 is 1.39 bits per heavy atom. The Morgan fingerprint density at radius 2 is 2.00 bits per heavy atom. The summed E-state index contributed by atoms with van der Waals surface area (Å²) in [7, 11) is 1.69. The third-order valence-corrected chi connectivity index (χ3v) is 3.57. The summed E-state index contributed by atoms with van der Waals surface area (Å²) in [4.78, 5) is 12.1. The van der Waals surface area contributed by atoms with E-state index in [1.165, 1.54) is 17.3 Å². The molecule has 0 spiro atoms. The first kappa shape index (κ1) is 12.9. The van der Waals surface area contributed by atoms with Gasteiger partial charge >= 0.3 is 5.97 Å². The maximum Gasteiger partial charge on any atom is 0.359 e. The molecular weight excluding hydrogens is 230 g/mol. The van der Waals surface area contributed by atoms with E-state index in [1.807, 2.05) is 0 Å². The summed E-state index contributed by atoms with van der Waals surface area (Å²) in [5.74, 6) is 0.852. The minimum Gasteiger partial charge on any atom is -0.458 e. The lowest BCUT2D eigenvalue weighted by Gasteiger charge is -2.30. The molecule has 1 fully saturated rings. The van der Waals surface area contributed by atoms with E-state index < -0.39 is 0 Å². The normalized spacial score (nSPS) is 28.1. The highest BCUT2D eigenvalue weighted by molar-refractivity contribution is 5.93. The standard InChI is InChI=1S/C13H21N3O2/c1-8-4-9(2)6-10(5-8)18-13(17)12-11(14)7-15-16(12)3/h7-10H,4-6,14H2,1-3H3. The van der Waals surface area contributed by atoms with Crippen LogP contribution in [0.1, 0.15) is 43.6 Å². The van der Waals surface area contributed by atoms with Crippen LogP contribution in [0, 0.1) is 11.8 Å². The number of hydrogen-bond acceptors (Lipinski definition) is 4. The minimum atomic E-state index is -0.362. The Bertz CT molecular complexity index is 412. The van der Waals surface area contributed by atoms with Crippen LogP contribution in [-0.4, -0.2) is 21.9 Å². The van der Waals surface area contributed by atoms with Gasteiger partial charge in [0.25, 0.3) is 0 Å². The summed E-state index contributed by atoms with van der Waals surface area (Å²) in [6.45, 7) is 4.41. The van der Waals surface area contributed by atoms with Gasteiger partial charge in [-0.1, -0.05) is 13.8 Å². The number of ether oxygens (including phenoxy) is 1. The first-order chi connectivity index (χ1) is 8.47. The third kappa shape index (κ3) is 2.66. The van der Waals surface area contributed by atoms with Crippen molar-refractivity contribution >= 4 is 11.7 Å². The molecule has 2 atom stereocenters. The molecule has 0 radical (unpaired) electrons. The Kier molecular flexibility index (Phi) is 3.59. The predicted octanol–water partition coefficient (Wildman–Crippen LogP) is 1.98. The molecule has 1 aromatic rings. The van der Waals surface area contributed by atoms with E-state index >= 15 is 0 Å². The van der Waals surface area contributed by atoms with Crippen molar-refractivity contribution in [1.82, 2.24) is 9.78 Å². The second-order valence-electron chi connectivity index (χ2n) is 5.52. The predicted molar refractivity (Wildman–Crippen MR) is 69.0 cm³/mol. The summed E-state index contributed by atoms with van der Waals surface area (Å²) < 4.78 is 7.02. The smallest absolute Gasteiger partial charge is 0.359 e. The van der Waals surface area contributed by atoms with Crippen LogP contribution in [0.25, 0.3) is 0 Å². The SMILES string of the molecule is CC1CC(C)CC(OC(=O)c2c(N)cnn2C)C1. The van der Waals surface area contributed by atoms with Gasteiger partial charge in [0.05, 0.1) is 11.9 Å². The average molecular weight is 251 g/mol. The fraction of sp³-hybridized carbons (Fsp3) is 0.692. The van der Waals surface area contributed by atoms with Gasteiger partial charge in [0.1, 0.15) is 6.10 Å². The maximum atomic E-state index is 12.1. The fourth-order valence-corrected chi connectivity index (χ4v) is 2.88. The van der Waals surface area contributed by atoms with Crippen LogP contribution < -0.4 is 5.73 Å². The van der Waals surface area contributed by atoms with Gasteiger partial charge in [-0.05, 0) is 31.1 Å². The second kappa shape index (κ2) is 5.00. The van der Waals surface area contributed by atoms with Crippen LogP contribution >= 0.6 is 0 Å². The van der Waals surface area contributed by atoms with E-state index in [-0.39, 0.29) is 12.1 Å². The Balaban J connectivity index is 2.03. The van der Waals surface area contributed by atoms with E-state index in [0.29, 0.717) is 23.2 Å². The van der Waals surface area contributed by atoms with E-state index in [1.54, 1.807) is 7.05 Å². The van der Waals surface area contributed by atoms with Crippen LogP contribution in [0.15, 0.2) is 6.20 Å². The number of nitrogens with two attached hydrogens (primary N) is 1. The zero-order valence-electron chi connectivity index (χ0n) is 11.2. The topological polar surface area (TPSA) is 70.1 Å². The molecule has 0 aromatic carbocycles. The van der Waals surface area contributed by atoms with Gasteiger partial charge in [0.15, 0.2) is 5.69 Å². The Labute approximate surface area is 107 Å². The van der Waals surface area contributed by atoms with Crippen molar-refractivity contribution in [1.29, 1.82) is 0 Å². The first-order valence-corrected chi connectivity index (χ1v) is 6.45. The molecule has 0 aliphatic heterocycles. The highest BCUT2D eigenvalue weighted by Crippen LogP contribution is 2.31. The number of anilines is 1. The van der Waals surface area contributed by atoms with Gasteiger partial charge < -0.3 is 10.5 Å². The van der Waals surface area contributed by atoms with Crippen molar-refractivity contribution in [3.8, 4) is 0 Å². The minimum absolute atomic E-state index is 0.00514. The number of hydrogen-bond donors (Lipinski definition) is 1. The molecule has 2 unspecified atom stereocenters. The van der Waals surface area contributed by atoms with Gasteiger partial charge in [0.2, 0.25) is 0 Å².